The average molecular weight is 237 g/mol. The van der Waals surface area contributed by atoms with Crippen molar-refractivity contribution in [1.29, 1.82) is 0 Å². The van der Waals surface area contributed by atoms with Gasteiger partial charge >= 0.3 is 0 Å². The third kappa shape index (κ3) is 1.32. The summed E-state index contributed by atoms with van der Waals surface area (Å²) in [4.78, 5) is 0. The Morgan fingerprint density at radius 2 is 2.25 bits per heavy atom. The van der Waals surface area contributed by atoms with E-state index < -0.39 is 0 Å². The van der Waals surface area contributed by atoms with E-state index in [-0.39, 0.29) is 0 Å². The van der Waals surface area contributed by atoms with Crippen LogP contribution in [0.4, 0.5) is 5.13 Å². The minimum absolute atomic E-state index is 0.388. The van der Waals surface area contributed by atoms with E-state index in [1.807, 2.05) is 0 Å². The van der Waals surface area contributed by atoms with Crippen LogP contribution < -0.4 is 5.32 Å². The standard InChI is InChI=1S/C12H19N3S/c1-11(2)8-4-5-12(3,6-8)9(11)14-10-15-13-7-16-10/h7-9H,4-6H2,1-3H3,(H,14,15)/t8-,9?,12+/m0/s1. The van der Waals surface area contributed by atoms with Crippen LogP contribution in [0.2, 0.25) is 0 Å². The minimum Gasteiger partial charge on any atom is -0.356 e. The van der Waals surface area contributed by atoms with Crippen molar-refractivity contribution >= 4 is 16.5 Å². The van der Waals surface area contributed by atoms with Gasteiger partial charge in [0.2, 0.25) is 5.13 Å². The number of nitrogens with one attached hydrogen (secondary N) is 1. The van der Waals surface area contributed by atoms with Crippen LogP contribution in [-0.2, 0) is 0 Å². The second kappa shape index (κ2) is 3.19. The largest absolute Gasteiger partial charge is 0.356 e. The normalized spacial score (nSPS) is 40.2. The molecule has 1 unspecified atom stereocenters. The summed E-state index contributed by atoms with van der Waals surface area (Å²) >= 11 is 1.60. The molecule has 3 nitrogen and oxygen atoms in total. The molecule has 1 heterocycles. The van der Waals surface area contributed by atoms with Crippen molar-refractivity contribution in [3.8, 4) is 0 Å². The molecule has 2 aliphatic rings. The summed E-state index contributed by atoms with van der Waals surface area (Å²) in [7, 11) is 0. The summed E-state index contributed by atoms with van der Waals surface area (Å²) in [6, 6.07) is 0.548. The van der Waals surface area contributed by atoms with E-state index in [0.717, 1.165) is 11.0 Å². The van der Waals surface area contributed by atoms with E-state index in [0.29, 0.717) is 16.9 Å². The fourth-order valence-corrected chi connectivity index (χ4v) is 4.50. The van der Waals surface area contributed by atoms with Crippen LogP contribution in [-0.4, -0.2) is 16.2 Å². The van der Waals surface area contributed by atoms with Crippen LogP contribution >= 0.6 is 11.3 Å². The van der Waals surface area contributed by atoms with Crippen molar-refractivity contribution in [3.05, 3.63) is 5.51 Å². The van der Waals surface area contributed by atoms with Gasteiger partial charge in [-0.05, 0) is 36.0 Å². The maximum atomic E-state index is 4.12. The molecule has 4 heteroatoms. The van der Waals surface area contributed by atoms with Crippen LogP contribution in [0.1, 0.15) is 40.0 Å². The smallest absolute Gasteiger partial charge is 0.205 e. The molecule has 0 saturated heterocycles. The molecule has 0 radical (unpaired) electrons. The Morgan fingerprint density at radius 3 is 2.81 bits per heavy atom. The maximum absolute atomic E-state index is 4.12. The van der Waals surface area contributed by atoms with Gasteiger partial charge in [-0.3, -0.25) is 0 Å². The van der Waals surface area contributed by atoms with Crippen LogP contribution in [0.25, 0.3) is 0 Å². The lowest BCUT2D eigenvalue weighted by Crippen LogP contribution is -2.45. The summed E-state index contributed by atoms with van der Waals surface area (Å²) in [5, 5.41) is 12.6. The fourth-order valence-electron chi connectivity index (χ4n) is 4.02. The van der Waals surface area contributed by atoms with E-state index in [1.165, 1.54) is 19.3 Å². The second-order valence-corrected chi connectivity index (χ2v) is 7.07. The molecule has 1 aromatic rings. The van der Waals surface area contributed by atoms with Gasteiger partial charge in [0.15, 0.2) is 0 Å². The van der Waals surface area contributed by atoms with Crippen LogP contribution in [0.5, 0.6) is 0 Å². The zero-order valence-corrected chi connectivity index (χ0v) is 11.0. The quantitative estimate of drug-likeness (QED) is 0.858. The van der Waals surface area contributed by atoms with Crippen LogP contribution in [0, 0.1) is 16.7 Å². The Labute approximate surface area is 101 Å². The highest BCUT2D eigenvalue weighted by atomic mass is 32.1. The predicted molar refractivity (Wildman–Crippen MR) is 66.5 cm³/mol. The number of hydrogen-bond acceptors (Lipinski definition) is 4. The second-order valence-electron chi connectivity index (χ2n) is 6.24. The van der Waals surface area contributed by atoms with Crippen molar-refractivity contribution in [2.24, 2.45) is 16.7 Å². The van der Waals surface area contributed by atoms with E-state index in [1.54, 1.807) is 16.8 Å². The van der Waals surface area contributed by atoms with Crippen LogP contribution in [0.3, 0.4) is 0 Å². The van der Waals surface area contributed by atoms with Gasteiger partial charge in [0, 0.05) is 6.04 Å². The Kier molecular flexibility index (Phi) is 2.09. The highest BCUT2D eigenvalue weighted by Crippen LogP contribution is 2.63. The van der Waals surface area contributed by atoms with E-state index in [4.69, 9.17) is 0 Å². The van der Waals surface area contributed by atoms with Gasteiger partial charge in [-0.2, -0.15) is 0 Å². The Balaban J connectivity index is 1.88. The van der Waals surface area contributed by atoms with Gasteiger partial charge in [-0.15, -0.1) is 10.2 Å². The zero-order chi connectivity index (χ0) is 11.4. The lowest BCUT2D eigenvalue weighted by atomic mass is 9.68. The molecule has 0 aliphatic heterocycles. The summed E-state index contributed by atoms with van der Waals surface area (Å²) in [5.41, 5.74) is 2.64. The molecule has 0 spiro atoms. The molecule has 2 bridgehead atoms. The van der Waals surface area contributed by atoms with Crippen molar-refractivity contribution < 1.29 is 0 Å². The highest BCUT2D eigenvalue weighted by molar-refractivity contribution is 7.13. The molecule has 0 aromatic carbocycles. The zero-order valence-electron chi connectivity index (χ0n) is 10.2. The van der Waals surface area contributed by atoms with Gasteiger partial charge in [0.25, 0.3) is 0 Å². The van der Waals surface area contributed by atoms with Gasteiger partial charge < -0.3 is 5.32 Å². The molecule has 2 saturated carbocycles. The van der Waals surface area contributed by atoms with Gasteiger partial charge in [-0.25, -0.2) is 0 Å². The van der Waals surface area contributed by atoms with Crippen LogP contribution in [0.15, 0.2) is 5.51 Å². The van der Waals surface area contributed by atoms with Crippen molar-refractivity contribution in [2.45, 2.75) is 46.1 Å². The molecule has 2 aliphatic carbocycles. The molecule has 1 N–H and O–H groups in total. The number of aromatic nitrogens is 2. The molecule has 3 atom stereocenters. The monoisotopic (exact) mass is 237 g/mol. The molecule has 1 aromatic heterocycles. The lowest BCUT2D eigenvalue weighted by molar-refractivity contribution is 0.155. The predicted octanol–water partition coefficient (Wildman–Crippen LogP) is 3.16. The first-order chi connectivity index (χ1) is 7.52. The highest BCUT2D eigenvalue weighted by Gasteiger charge is 2.59. The average Bonchev–Trinajstić information content (AvgIpc) is 2.85. The Hall–Kier alpha value is -0.640. The van der Waals surface area contributed by atoms with E-state index >= 15 is 0 Å². The molecule has 2 fully saturated rings. The first-order valence-corrected chi connectivity index (χ1v) is 6.93. The maximum Gasteiger partial charge on any atom is 0.205 e. The van der Waals surface area contributed by atoms with E-state index in [9.17, 15) is 0 Å². The molecular weight excluding hydrogens is 218 g/mol. The fraction of sp³-hybridized carbons (Fsp3) is 0.833. The summed E-state index contributed by atoms with van der Waals surface area (Å²) < 4.78 is 0. The Bertz CT molecular complexity index is 382. The van der Waals surface area contributed by atoms with E-state index in [2.05, 4.69) is 36.3 Å². The Morgan fingerprint density at radius 1 is 1.44 bits per heavy atom. The molecular formula is C12H19N3S. The summed E-state index contributed by atoms with van der Waals surface area (Å²) in [5.74, 6) is 0.878. The first-order valence-electron chi connectivity index (χ1n) is 6.05. The number of nitrogens with zero attached hydrogens (tertiary/aromatic N) is 2. The molecule has 3 rings (SSSR count). The third-order valence-corrected chi connectivity index (χ3v) is 5.52. The summed E-state index contributed by atoms with van der Waals surface area (Å²) in [6.45, 7) is 7.24. The number of hydrogen-bond donors (Lipinski definition) is 1. The number of fused-ring (bicyclic) bond motifs is 2. The topological polar surface area (TPSA) is 37.8 Å². The molecule has 16 heavy (non-hydrogen) atoms. The van der Waals surface area contributed by atoms with Gasteiger partial charge in [-0.1, -0.05) is 32.1 Å². The number of rotatable bonds is 2. The number of anilines is 1. The SMILES string of the molecule is CC1(C)C(Nc2nncs2)[C@]2(C)CC[C@H]1C2. The third-order valence-electron chi connectivity index (χ3n) is 4.90. The molecule has 88 valence electrons. The molecule has 0 amide bonds. The minimum atomic E-state index is 0.388. The van der Waals surface area contributed by atoms with Crippen molar-refractivity contribution in [2.75, 3.05) is 5.32 Å². The van der Waals surface area contributed by atoms with Crippen molar-refractivity contribution in [3.63, 3.8) is 0 Å². The summed E-state index contributed by atoms with van der Waals surface area (Å²) in [6.07, 6.45) is 4.13. The van der Waals surface area contributed by atoms with Gasteiger partial charge in [0.1, 0.15) is 5.51 Å². The van der Waals surface area contributed by atoms with Gasteiger partial charge in [0.05, 0.1) is 0 Å². The lowest BCUT2D eigenvalue weighted by Gasteiger charge is -2.42. The first kappa shape index (κ1) is 10.5. The van der Waals surface area contributed by atoms with Crippen molar-refractivity contribution in [1.82, 2.24) is 10.2 Å².